The lowest BCUT2D eigenvalue weighted by molar-refractivity contribution is 0.308. The molecule has 0 saturated heterocycles. The van der Waals surface area contributed by atoms with Gasteiger partial charge in [-0.3, -0.25) is 0 Å². The monoisotopic (exact) mass is 425 g/mol. The number of hydrogen-bond donors (Lipinski definition) is 1. The van der Waals surface area contributed by atoms with Gasteiger partial charge in [0.2, 0.25) is 0 Å². The number of H-pyrrole nitrogens is 1. The third kappa shape index (κ3) is 10.2. The molecule has 1 heterocycles. The van der Waals surface area contributed by atoms with E-state index in [1.165, 1.54) is 64.4 Å². The molecule has 0 radical (unpaired) electrons. The number of aromatic nitrogens is 1. The highest BCUT2D eigenvalue weighted by Gasteiger charge is 2.13. The number of nitrogens with one attached hydrogen (secondary N) is 1. The zero-order chi connectivity index (χ0) is 20.7. The lowest BCUT2D eigenvalue weighted by atomic mass is 9.84. The van der Waals surface area contributed by atoms with E-state index in [0.717, 1.165) is 11.8 Å². The van der Waals surface area contributed by atoms with E-state index < -0.39 is 0 Å². The molecule has 0 amide bonds. The van der Waals surface area contributed by atoms with Crippen LogP contribution in [0, 0.1) is 46.5 Å². The van der Waals surface area contributed by atoms with E-state index in [-0.39, 0.29) is 22.3 Å². The Balaban J connectivity index is 0. The molecule has 0 aliphatic heterocycles. The van der Waals surface area contributed by atoms with Gasteiger partial charge in [-0.05, 0) is 74.8 Å². The zero-order valence-corrected chi connectivity index (χ0v) is 19.0. The Bertz CT molecular complexity index is 853. The molecule has 176 valence electrons. The van der Waals surface area contributed by atoms with Crippen LogP contribution >= 0.6 is 0 Å². The van der Waals surface area contributed by atoms with Crippen LogP contribution in [-0.4, -0.2) is 4.98 Å². The standard InChI is InChI=1S/C10H11N.C9H12.C8H16.3CH4/c1-7-3-4-9-8(2)6-11-10(9)5-7;1-7-4-5-8(2)9(3)6-7;1-7-3-5-8(2)6-4-7;;;/h3-6,11H,1-2H3;4-6H,1-3H3;7-8H,3-6H2,1-2H3;3*1H4. The molecular formula is C30H51N. The van der Waals surface area contributed by atoms with E-state index in [9.17, 15) is 0 Å². The summed E-state index contributed by atoms with van der Waals surface area (Å²) in [6.07, 6.45) is 7.94. The highest BCUT2D eigenvalue weighted by Crippen LogP contribution is 2.27. The van der Waals surface area contributed by atoms with Crippen molar-refractivity contribution in [1.29, 1.82) is 0 Å². The second-order valence-corrected chi connectivity index (χ2v) is 8.97. The first-order valence-corrected chi connectivity index (χ1v) is 10.8. The van der Waals surface area contributed by atoms with Crippen molar-refractivity contribution >= 4 is 10.9 Å². The fourth-order valence-corrected chi connectivity index (χ4v) is 3.70. The number of benzene rings is 2. The maximum Gasteiger partial charge on any atom is 0.0459 e. The van der Waals surface area contributed by atoms with Crippen molar-refractivity contribution < 1.29 is 0 Å². The number of fused-ring (bicyclic) bond motifs is 1. The molecule has 1 aromatic heterocycles. The molecule has 0 atom stereocenters. The lowest BCUT2D eigenvalue weighted by Gasteiger charge is -2.22. The minimum Gasteiger partial charge on any atom is -0.361 e. The Morgan fingerprint density at radius 3 is 1.58 bits per heavy atom. The topological polar surface area (TPSA) is 15.8 Å². The number of aryl methyl sites for hydroxylation is 5. The molecule has 1 N–H and O–H groups in total. The second-order valence-electron chi connectivity index (χ2n) is 8.97. The summed E-state index contributed by atoms with van der Waals surface area (Å²) in [6.45, 7) is 15.4. The summed E-state index contributed by atoms with van der Waals surface area (Å²) in [5, 5.41) is 1.33. The smallest absolute Gasteiger partial charge is 0.0459 e. The maximum atomic E-state index is 3.23. The van der Waals surface area contributed by atoms with Crippen molar-refractivity contribution in [3.05, 3.63) is 70.4 Å². The van der Waals surface area contributed by atoms with Gasteiger partial charge >= 0.3 is 0 Å². The van der Waals surface area contributed by atoms with E-state index in [0.29, 0.717) is 0 Å². The summed E-state index contributed by atoms with van der Waals surface area (Å²) in [4.78, 5) is 3.23. The molecule has 1 fully saturated rings. The number of rotatable bonds is 0. The van der Waals surface area contributed by atoms with Gasteiger partial charge in [-0.25, -0.2) is 0 Å². The summed E-state index contributed by atoms with van der Waals surface area (Å²) in [5.41, 5.74) is 7.97. The van der Waals surface area contributed by atoms with Crippen LogP contribution in [0.4, 0.5) is 0 Å². The van der Waals surface area contributed by atoms with Crippen LogP contribution in [0.15, 0.2) is 42.6 Å². The third-order valence-electron chi connectivity index (χ3n) is 6.01. The highest BCUT2D eigenvalue weighted by molar-refractivity contribution is 5.83. The zero-order valence-electron chi connectivity index (χ0n) is 19.0. The predicted molar refractivity (Wildman–Crippen MR) is 145 cm³/mol. The van der Waals surface area contributed by atoms with E-state index in [2.05, 4.69) is 89.8 Å². The summed E-state index contributed by atoms with van der Waals surface area (Å²) < 4.78 is 0. The van der Waals surface area contributed by atoms with Gasteiger partial charge in [-0.2, -0.15) is 0 Å². The number of hydrogen-bond acceptors (Lipinski definition) is 0. The minimum absolute atomic E-state index is 0. The van der Waals surface area contributed by atoms with E-state index >= 15 is 0 Å². The molecule has 1 saturated carbocycles. The fourth-order valence-electron chi connectivity index (χ4n) is 3.70. The van der Waals surface area contributed by atoms with Crippen LogP contribution in [0.3, 0.4) is 0 Å². The van der Waals surface area contributed by atoms with Crippen molar-refractivity contribution in [3.8, 4) is 0 Å². The van der Waals surface area contributed by atoms with Gasteiger partial charge < -0.3 is 4.98 Å². The van der Waals surface area contributed by atoms with Gasteiger partial charge in [0.1, 0.15) is 0 Å². The maximum absolute atomic E-state index is 3.23. The third-order valence-corrected chi connectivity index (χ3v) is 6.01. The van der Waals surface area contributed by atoms with Gasteiger partial charge in [0.25, 0.3) is 0 Å². The molecule has 1 aliphatic carbocycles. The molecule has 1 heteroatoms. The average molecular weight is 426 g/mol. The van der Waals surface area contributed by atoms with E-state index in [4.69, 9.17) is 0 Å². The van der Waals surface area contributed by atoms with Crippen molar-refractivity contribution in [2.75, 3.05) is 0 Å². The molecule has 0 unspecified atom stereocenters. The number of aromatic amines is 1. The van der Waals surface area contributed by atoms with Gasteiger partial charge in [-0.15, -0.1) is 0 Å². The molecule has 3 aromatic rings. The molecule has 1 aliphatic rings. The van der Waals surface area contributed by atoms with Crippen LogP contribution in [0.1, 0.15) is 89.6 Å². The molecule has 4 rings (SSSR count). The minimum atomic E-state index is 0. The van der Waals surface area contributed by atoms with Crippen molar-refractivity contribution in [1.82, 2.24) is 4.98 Å². The van der Waals surface area contributed by atoms with Crippen LogP contribution in [0.25, 0.3) is 10.9 Å². The van der Waals surface area contributed by atoms with Gasteiger partial charge in [0, 0.05) is 17.1 Å². The normalized spacial score (nSPS) is 16.9. The van der Waals surface area contributed by atoms with Crippen LogP contribution in [0.5, 0.6) is 0 Å². The van der Waals surface area contributed by atoms with Crippen molar-refractivity contribution in [3.63, 3.8) is 0 Å². The lowest BCUT2D eigenvalue weighted by Crippen LogP contribution is -2.08. The van der Waals surface area contributed by atoms with Crippen LogP contribution in [-0.2, 0) is 0 Å². The Morgan fingerprint density at radius 1 is 0.613 bits per heavy atom. The SMILES string of the molecule is C.C.C.CC1CCC(C)CC1.Cc1ccc(C)c(C)c1.Cc1ccc2c(C)c[nH]c2c1. The predicted octanol–water partition coefficient (Wildman–Crippen LogP) is 10.1. The fraction of sp³-hybridized carbons (Fsp3) is 0.533. The van der Waals surface area contributed by atoms with Gasteiger partial charge in [0.15, 0.2) is 0 Å². The largest absolute Gasteiger partial charge is 0.361 e. The first-order valence-electron chi connectivity index (χ1n) is 10.8. The van der Waals surface area contributed by atoms with Gasteiger partial charge in [0.05, 0.1) is 0 Å². The Labute approximate surface area is 194 Å². The summed E-state index contributed by atoms with van der Waals surface area (Å²) in [7, 11) is 0. The molecular weight excluding hydrogens is 374 g/mol. The molecule has 0 spiro atoms. The molecule has 1 nitrogen and oxygen atoms in total. The highest BCUT2D eigenvalue weighted by atomic mass is 14.7. The summed E-state index contributed by atoms with van der Waals surface area (Å²) >= 11 is 0. The molecule has 2 aromatic carbocycles. The Morgan fingerprint density at radius 2 is 1.10 bits per heavy atom. The molecule has 31 heavy (non-hydrogen) atoms. The average Bonchev–Trinajstić information content (AvgIpc) is 3.02. The first-order chi connectivity index (χ1) is 13.3. The first kappa shape index (κ1) is 31.2. The Hall–Kier alpha value is -2.02. The summed E-state index contributed by atoms with van der Waals surface area (Å²) in [6, 6.07) is 13.0. The Kier molecular flexibility index (Phi) is 15.0. The quantitative estimate of drug-likeness (QED) is 0.368. The second kappa shape index (κ2) is 14.9. The van der Waals surface area contributed by atoms with E-state index in [1.807, 2.05) is 6.20 Å². The van der Waals surface area contributed by atoms with Crippen molar-refractivity contribution in [2.24, 2.45) is 11.8 Å². The summed E-state index contributed by atoms with van der Waals surface area (Å²) in [5.74, 6) is 2.04. The molecule has 0 bridgehead atoms. The van der Waals surface area contributed by atoms with Gasteiger partial charge in [-0.1, -0.05) is 97.7 Å². The van der Waals surface area contributed by atoms with E-state index in [1.54, 1.807) is 0 Å². The van der Waals surface area contributed by atoms with Crippen molar-refractivity contribution in [2.45, 2.75) is 96.4 Å². The van der Waals surface area contributed by atoms with Crippen LogP contribution < -0.4 is 0 Å². The van der Waals surface area contributed by atoms with Crippen LogP contribution in [0.2, 0.25) is 0 Å².